The summed E-state index contributed by atoms with van der Waals surface area (Å²) in [6, 6.07) is 0. The molecule has 0 aliphatic heterocycles. The fourth-order valence-corrected chi connectivity index (χ4v) is 0.535. The summed E-state index contributed by atoms with van der Waals surface area (Å²) in [5, 5.41) is 2.06. The van der Waals surface area contributed by atoms with Gasteiger partial charge in [0.15, 0.2) is 5.13 Å². The number of rotatable bonds is 0. The molecule has 1 aromatic heterocycles. The molecule has 0 amide bonds. The topological polar surface area (TPSA) is 38.9 Å². The SMILES string of the molecule is [2H]c1csc(N)n1. The summed E-state index contributed by atoms with van der Waals surface area (Å²) in [6.07, 6.45) is 0.252. The van der Waals surface area contributed by atoms with Crippen LogP contribution in [0.25, 0.3) is 0 Å². The van der Waals surface area contributed by atoms with Crippen molar-refractivity contribution in [2.24, 2.45) is 0 Å². The molecule has 0 saturated heterocycles. The Labute approximate surface area is 41.0 Å². The highest BCUT2D eigenvalue weighted by atomic mass is 32.1. The highest BCUT2D eigenvalue weighted by molar-refractivity contribution is 7.13. The molecule has 1 aromatic rings. The van der Waals surface area contributed by atoms with Crippen molar-refractivity contribution in [3.63, 3.8) is 0 Å². The summed E-state index contributed by atoms with van der Waals surface area (Å²) in [7, 11) is 0. The fourth-order valence-electron chi connectivity index (χ4n) is 0.203. The molecule has 0 unspecified atom stereocenters. The van der Waals surface area contributed by atoms with E-state index in [1.807, 2.05) is 0 Å². The van der Waals surface area contributed by atoms with Gasteiger partial charge in [-0.25, -0.2) is 4.98 Å². The molecule has 0 fully saturated rings. The van der Waals surface area contributed by atoms with E-state index in [4.69, 9.17) is 7.10 Å². The van der Waals surface area contributed by atoms with Gasteiger partial charge in [-0.2, -0.15) is 0 Å². The van der Waals surface area contributed by atoms with Crippen LogP contribution in [0.3, 0.4) is 0 Å². The Kier molecular flexibility index (Phi) is 0.542. The number of aromatic nitrogens is 1. The number of hydrogen-bond acceptors (Lipinski definition) is 3. The molecule has 0 saturated carbocycles. The second-order valence-electron chi connectivity index (χ2n) is 0.815. The van der Waals surface area contributed by atoms with Crippen LogP contribution in [0, 0.1) is 0 Å². The van der Waals surface area contributed by atoms with Gasteiger partial charge in [-0.15, -0.1) is 11.3 Å². The van der Waals surface area contributed by atoms with Crippen molar-refractivity contribution >= 4 is 16.5 Å². The highest BCUT2D eigenvalue weighted by Gasteiger charge is 1.76. The summed E-state index contributed by atoms with van der Waals surface area (Å²) in [5.41, 5.74) is 5.17. The Balaban J connectivity index is 3.04. The molecule has 32 valence electrons. The number of nitrogens with two attached hydrogens (primary N) is 1. The summed E-state index contributed by atoms with van der Waals surface area (Å²) >= 11 is 1.28. The zero-order chi connectivity index (χ0) is 5.28. The van der Waals surface area contributed by atoms with E-state index < -0.39 is 0 Å². The van der Waals surface area contributed by atoms with E-state index in [1.165, 1.54) is 11.3 Å². The lowest BCUT2D eigenvalue weighted by Crippen LogP contribution is -1.77. The second-order valence-corrected chi connectivity index (χ2v) is 1.70. The van der Waals surface area contributed by atoms with Gasteiger partial charge in [0.1, 0.15) is 0 Å². The molecular formula is C3H4N2S. The van der Waals surface area contributed by atoms with Gasteiger partial charge in [-0.3, -0.25) is 0 Å². The van der Waals surface area contributed by atoms with E-state index in [0.717, 1.165) is 0 Å². The molecule has 0 aliphatic rings. The number of hydrogen-bond donors (Lipinski definition) is 1. The zero-order valence-corrected chi connectivity index (χ0v) is 3.83. The van der Waals surface area contributed by atoms with Gasteiger partial charge in [-0.1, -0.05) is 0 Å². The van der Waals surface area contributed by atoms with Crippen molar-refractivity contribution < 1.29 is 1.37 Å². The lowest BCUT2D eigenvalue weighted by atomic mass is 11.0. The van der Waals surface area contributed by atoms with Crippen LogP contribution in [0.1, 0.15) is 1.37 Å². The van der Waals surface area contributed by atoms with E-state index in [9.17, 15) is 0 Å². The number of anilines is 1. The molecular weight excluding hydrogens is 96.1 g/mol. The first-order valence-corrected chi connectivity index (χ1v) is 2.34. The first kappa shape index (κ1) is 2.58. The van der Waals surface area contributed by atoms with Crippen LogP contribution in [-0.4, -0.2) is 4.98 Å². The standard InChI is InChI=1S/C3H4N2S/c4-3-5-1-2-6-3/h1-2H,(H2,4,5)/i1D. The Bertz CT molecular complexity index is 145. The van der Waals surface area contributed by atoms with E-state index in [0.29, 0.717) is 5.13 Å². The molecule has 0 aliphatic carbocycles. The third-order valence-corrected chi connectivity index (χ3v) is 0.963. The van der Waals surface area contributed by atoms with Crippen LogP contribution in [0.15, 0.2) is 11.6 Å². The van der Waals surface area contributed by atoms with Gasteiger partial charge in [0.05, 0.1) is 1.37 Å². The maximum absolute atomic E-state index is 6.84. The van der Waals surface area contributed by atoms with Gasteiger partial charge >= 0.3 is 0 Å². The normalized spacial score (nSPS) is 11.0. The minimum atomic E-state index is 0.252. The predicted octanol–water partition coefficient (Wildman–Crippen LogP) is 0.725. The second kappa shape index (κ2) is 1.26. The fraction of sp³-hybridized carbons (Fsp3) is 0. The zero-order valence-electron chi connectivity index (χ0n) is 4.01. The maximum Gasteiger partial charge on any atom is 0.179 e. The average Bonchev–Trinajstić information content (AvgIpc) is 1.87. The molecule has 1 rings (SSSR count). The molecule has 0 radical (unpaired) electrons. The van der Waals surface area contributed by atoms with Crippen molar-refractivity contribution in [1.82, 2.24) is 4.98 Å². The van der Waals surface area contributed by atoms with E-state index >= 15 is 0 Å². The molecule has 2 N–H and O–H groups in total. The van der Waals surface area contributed by atoms with Gasteiger partial charge < -0.3 is 5.73 Å². The van der Waals surface area contributed by atoms with E-state index in [1.54, 1.807) is 5.38 Å². The molecule has 0 aromatic carbocycles. The van der Waals surface area contributed by atoms with Crippen molar-refractivity contribution in [3.05, 3.63) is 11.6 Å². The third-order valence-electron chi connectivity index (χ3n) is 0.407. The van der Waals surface area contributed by atoms with Crippen molar-refractivity contribution in [2.45, 2.75) is 0 Å². The van der Waals surface area contributed by atoms with Crippen LogP contribution in [-0.2, 0) is 0 Å². The van der Waals surface area contributed by atoms with Crippen molar-refractivity contribution in [3.8, 4) is 0 Å². The van der Waals surface area contributed by atoms with Crippen LogP contribution in [0.5, 0.6) is 0 Å². The number of nitrogen functional groups attached to an aromatic ring is 1. The molecule has 6 heavy (non-hydrogen) atoms. The Hall–Kier alpha value is -0.570. The van der Waals surface area contributed by atoms with Crippen molar-refractivity contribution in [2.75, 3.05) is 5.73 Å². The monoisotopic (exact) mass is 101 g/mol. The van der Waals surface area contributed by atoms with E-state index in [-0.39, 0.29) is 6.17 Å². The quantitative estimate of drug-likeness (QED) is 0.523. The minimum Gasteiger partial charge on any atom is -0.375 e. The molecule has 1 heterocycles. The van der Waals surface area contributed by atoms with Crippen LogP contribution >= 0.6 is 11.3 Å². The lowest BCUT2D eigenvalue weighted by molar-refractivity contribution is 1.43. The van der Waals surface area contributed by atoms with Crippen LogP contribution in [0.2, 0.25) is 0 Å². The van der Waals surface area contributed by atoms with Gasteiger partial charge in [-0.05, 0) is 0 Å². The minimum absolute atomic E-state index is 0.252. The molecule has 0 atom stereocenters. The Morgan fingerprint density at radius 1 is 2.17 bits per heavy atom. The van der Waals surface area contributed by atoms with Crippen LogP contribution in [0.4, 0.5) is 5.13 Å². The van der Waals surface area contributed by atoms with Gasteiger partial charge in [0.2, 0.25) is 0 Å². The first-order valence-electron chi connectivity index (χ1n) is 1.96. The lowest BCUT2D eigenvalue weighted by Gasteiger charge is -1.67. The van der Waals surface area contributed by atoms with E-state index in [2.05, 4.69) is 4.98 Å². The first-order chi connectivity index (χ1) is 3.29. The number of nitrogens with zero attached hydrogens (tertiary/aromatic N) is 1. The molecule has 2 nitrogen and oxygen atoms in total. The molecule has 3 heteroatoms. The predicted molar refractivity (Wildman–Crippen MR) is 26.5 cm³/mol. The van der Waals surface area contributed by atoms with Crippen LogP contribution < -0.4 is 5.73 Å². The molecule has 0 bridgehead atoms. The maximum atomic E-state index is 6.84. The Morgan fingerprint density at radius 2 is 3.00 bits per heavy atom. The summed E-state index contributed by atoms with van der Waals surface area (Å²) in [6.45, 7) is 0. The van der Waals surface area contributed by atoms with Crippen molar-refractivity contribution in [1.29, 1.82) is 0 Å². The third kappa shape index (κ3) is 0.490. The smallest absolute Gasteiger partial charge is 0.179 e. The Morgan fingerprint density at radius 3 is 3.17 bits per heavy atom. The molecule has 0 spiro atoms. The summed E-state index contributed by atoms with van der Waals surface area (Å²) in [4.78, 5) is 3.57. The highest BCUT2D eigenvalue weighted by Crippen LogP contribution is 2.02. The van der Waals surface area contributed by atoms with Gasteiger partial charge in [0, 0.05) is 11.6 Å². The average molecular weight is 101 g/mol. The number of thiazole rings is 1. The summed E-state index contributed by atoms with van der Waals surface area (Å²) in [5.74, 6) is 0. The largest absolute Gasteiger partial charge is 0.375 e. The van der Waals surface area contributed by atoms with Gasteiger partial charge in [0.25, 0.3) is 0 Å². The summed E-state index contributed by atoms with van der Waals surface area (Å²) < 4.78 is 6.84.